The summed E-state index contributed by atoms with van der Waals surface area (Å²) in [6.07, 6.45) is 19.5. The van der Waals surface area contributed by atoms with E-state index in [1.807, 2.05) is 0 Å². The summed E-state index contributed by atoms with van der Waals surface area (Å²) >= 11 is 2.13. The molecule has 8 bridgehead atoms. The molecular weight excluding hydrogens is 1020 g/mol. The van der Waals surface area contributed by atoms with Crippen molar-refractivity contribution >= 4 is 77.4 Å². The van der Waals surface area contributed by atoms with Crippen LogP contribution in [-0.4, -0.2) is 11.3 Å². The number of aromatic nitrogens is 1. The molecule has 4 heterocycles. The van der Waals surface area contributed by atoms with Gasteiger partial charge in [0.15, 0.2) is 0 Å². The Morgan fingerprint density at radius 2 is 1.11 bits per heavy atom. The molecule has 0 N–H and O–H groups in total. The lowest BCUT2D eigenvalue weighted by Gasteiger charge is -2.57. The van der Waals surface area contributed by atoms with E-state index < -0.39 is 0 Å². The normalized spacial score (nSPS) is 29.2. The van der Waals surface area contributed by atoms with Crippen LogP contribution >= 0.6 is 11.3 Å². The van der Waals surface area contributed by atoms with E-state index in [4.69, 9.17) is 0 Å². The Kier molecular flexibility index (Phi) is 9.51. The van der Waals surface area contributed by atoms with Crippen molar-refractivity contribution < 1.29 is 0 Å². The first kappa shape index (κ1) is 49.4. The number of anilines is 3. The van der Waals surface area contributed by atoms with Crippen LogP contribution in [0.25, 0.3) is 65.3 Å². The number of hydrogen-bond donors (Lipinski definition) is 0. The molecule has 0 spiro atoms. The molecule has 416 valence electrons. The minimum absolute atomic E-state index is 0.0103. The molecule has 7 aromatic carbocycles. The summed E-state index contributed by atoms with van der Waals surface area (Å²) in [5.41, 5.74) is 28.3. The molecule has 2 aromatic heterocycles. The summed E-state index contributed by atoms with van der Waals surface area (Å²) < 4.78 is 5.92. The summed E-state index contributed by atoms with van der Waals surface area (Å²) in [5, 5.41) is 4.49. The number of benzene rings is 7. The van der Waals surface area contributed by atoms with Crippen molar-refractivity contribution in [3.05, 3.63) is 160 Å². The van der Waals surface area contributed by atoms with E-state index >= 15 is 0 Å². The monoisotopic (exact) mass is 1100 g/mol. The fraction of sp³-hybridized carbons (Fsp3) is 0.443. The van der Waals surface area contributed by atoms with Gasteiger partial charge in [-0.25, -0.2) is 0 Å². The third-order valence-electron chi connectivity index (χ3n) is 25.4. The van der Waals surface area contributed by atoms with Crippen LogP contribution in [0.3, 0.4) is 0 Å². The predicted molar refractivity (Wildman–Crippen MR) is 352 cm³/mol. The van der Waals surface area contributed by atoms with Crippen molar-refractivity contribution in [1.82, 2.24) is 4.48 Å². The van der Waals surface area contributed by atoms with Crippen molar-refractivity contribution in [2.75, 3.05) is 4.90 Å². The predicted octanol–water partition coefficient (Wildman–Crippen LogP) is 20.0. The topological polar surface area (TPSA) is 8.17 Å². The Morgan fingerprint density at radius 1 is 0.506 bits per heavy atom. The number of nitrogens with zero attached hydrogens (tertiary/aromatic N) is 2. The van der Waals surface area contributed by atoms with Gasteiger partial charge in [0.25, 0.3) is 0 Å². The standard InChI is InChI=1S/C79H81BN2S/c1-74(2,3)51-19-21-64(55(31-51)50-15-11-10-12-16-50)81-66-36-57-54-17-13-14-18-61(54)77(8,9)69(57)68-60-34-53(79-41-47-28-48(42-79)30-49(29-47)43-79)33-58-56-32-52(78-38-44-25-45(39-78)27-46(26-44)40-78)20-22-65(56)82(71(58)60)80(70(66)68)73-72(81)59-35-62-63(37-67(59)83-73)76(6,7)24-23-75(62,4)5/h10-22,31-37,44-49H,23-30,38-43H2,1-9H3. The second kappa shape index (κ2) is 16.0. The van der Waals surface area contributed by atoms with Crippen LogP contribution in [0.1, 0.15) is 191 Å². The summed E-state index contributed by atoms with van der Waals surface area (Å²) in [6.45, 7) is 22.4. The van der Waals surface area contributed by atoms with Gasteiger partial charge in [-0.2, -0.15) is 0 Å². The van der Waals surface area contributed by atoms with Crippen LogP contribution in [0, 0.1) is 35.5 Å². The highest BCUT2D eigenvalue weighted by molar-refractivity contribution is 7.32. The van der Waals surface area contributed by atoms with Crippen molar-refractivity contribution in [2.24, 2.45) is 35.5 Å². The summed E-state index contributed by atoms with van der Waals surface area (Å²) in [6, 6.07) is 50.7. The smallest absolute Gasteiger partial charge is 0.343 e. The van der Waals surface area contributed by atoms with Gasteiger partial charge >= 0.3 is 6.85 Å². The molecule has 0 radical (unpaired) electrons. The van der Waals surface area contributed by atoms with Gasteiger partial charge < -0.3 is 9.38 Å². The van der Waals surface area contributed by atoms with E-state index in [1.165, 1.54) is 183 Å². The van der Waals surface area contributed by atoms with E-state index in [2.05, 4.69) is 204 Å². The van der Waals surface area contributed by atoms with Crippen molar-refractivity contribution in [3.8, 4) is 33.4 Å². The molecule has 21 rings (SSSR count). The van der Waals surface area contributed by atoms with Gasteiger partial charge in [0.05, 0.1) is 11.4 Å². The zero-order valence-electron chi connectivity index (χ0n) is 50.8. The van der Waals surface area contributed by atoms with Crippen LogP contribution in [0.4, 0.5) is 17.1 Å². The van der Waals surface area contributed by atoms with Crippen LogP contribution in [0.2, 0.25) is 0 Å². The molecule has 10 aliphatic carbocycles. The SMILES string of the molecule is CC(C)(C)c1ccc(N2c3cc4c(c5c3B(c3sc6cc7c(cc6c32)C(C)(C)CCC7(C)C)n2c3ccc(C67CC8CC(CC(C8)C6)C7)cc3c3cc(C67CC8CC(CC(C8)C6)C7)cc-5c32)C(C)(C)c2ccccc2-4)c(-c2ccccc2)c1. The summed E-state index contributed by atoms with van der Waals surface area (Å²) in [4.78, 5) is 2.86. The zero-order chi connectivity index (χ0) is 55.8. The minimum atomic E-state index is -0.214. The molecule has 83 heavy (non-hydrogen) atoms. The molecule has 2 nitrogen and oxygen atoms in total. The Bertz CT molecular complexity index is 4300. The third-order valence-corrected chi connectivity index (χ3v) is 26.6. The molecule has 0 atom stereocenters. The maximum absolute atomic E-state index is 2.99. The average Bonchev–Trinajstić information content (AvgIpc) is 1.64. The first-order valence-corrected chi connectivity index (χ1v) is 33.7. The molecular formula is C79H81BN2S. The first-order chi connectivity index (χ1) is 39.8. The fourth-order valence-electron chi connectivity index (χ4n) is 22.3. The van der Waals surface area contributed by atoms with Crippen molar-refractivity contribution in [2.45, 2.75) is 185 Å². The van der Waals surface area contributed by atoms with E-state index in [9.17, 15) is 0 Å². The van der Waals surface area contributed by atoms with E-state index in [0.717, 1.165) is 35.5 Å². The number of fused-ring (bicyclic) bond motifs is 14. The molecule has 8 fully saturated rings. The maximum atomic E-state index is 2.99. The Labute approximate surface area is 497 Å². The zero-order valence-corrected chi connectivity index (χ0v) is 51.6. The molecule has 4 heteroatoms. The molecule has 0 amide bonds. The molecule has 12 aliphatic rings. The lowest BCUT2D eigenvalue weighted by atomic mass is 9.46. The van der Waals surface area contributed by atoms with E-state index in [-0.39, 0.29) is 33.9 Å². The molecule has 8 saturated carbocycles. The lowest BCUT2D eigenvalue weighted by Crippen LogP contribution is -2.56. The number of thiophene rings is 1. The van der Waals surface area contributed by atoms with Crippen LogP contribution in [0.15, 0.2) is 121 Å². The van der Waals surface area contributed by atoms with Gasteiger partial charge in [-0.3, -0.25) is 0 Å². The summed E-state index contributed by atoms with van der Waals surface area (Å²) in [7, 11) is 0. The second-order valence-electron chi connectivity index (χ2n) is 32.8. The quantitative estimate of drug-likeness (QED) is 0.160. The molecule has 0 unspecified atom stereocenters. The Balaban J connectivity index is 0.982. The highest BCUT2D eigenvalue weighted by atomic mass is 32.1. The second-order valence-corrected chi connectivity index (χ2v) is 33.8. The Morgan fingerprint density at radius 3 is 1.76 bits per heavy atom. The molecule has 2 aliphatic heterocycles. The number of hydrogen-bond acceptors (Lipinski definition) is 2. The maximum Gasteiger partial charge on any atom is 0.343 e. The first-order valence-electron chi connectivity index (χ1n) is 32.9. The van der Waals surface area contributed by atoms with Gasteiger partial charge in [-0.05, 0) is 274 Å². The van der Waals surface area contributed by atoms with E-state index in [0.29, 0.717) is 5.41 Å². The van der Waals surface area contributed by atoms with Gasteiger partial charge in [0, 0.05) is 58.9 Å². The summed E-state index contributed by atoms with van der Waals surface area (Å²) in [5.74, 6) is 5.32. The van der Waals surface area contributed by atoms with Gasteiger partial charge in [-0.1, -0.05) is 129 Å². The van der Waals surface area contributed by atoms with Crippen molar-refractivity contribution in [1.29, 1.82) is 0 Å². The van der Waals surface area contributed by atoms with Gasteiger partial charge in [0.2, 0.25) is 0 Å². The molecule has 0 saturated heterocycles. The highest BCUT2D eigenvalue weighted by Gasteiger charge is 2.56. The van der Waals surface area contributed by atoms with Crippen molar-refractivity contribution in [3.63, 3.8) is 0 Å². The lowest BCUT2D eigenvalue weighted by molar-refractivity contribution is -0.00527. The minimum Gasteiger partial charge on any atom is -0.375 e. The van der Waals surface area contributed by atoms with Gasteiger partial charge in [0.1, 0.15) is 0 Å². The van der Waals surface area contributed by atoms with Crippen LogP contribution < -0.4 is 15.1 Å². The fourth-order valence-corrected chi connectivity index (χ4v) is 23.6. The average molecular weight is 1100 g/mol. The number of rotatable bonds is 4. The van der Waals surface area contributed by atoms with E-state index in [1.54, 1.807) is 38.8 Å². The molecule has 9 aromatic rings. The third kappa shape index (κ3) is 6.49. The van der Waals surface area contributed by atoms with Crippen LogP contribution in [-0.2, 0) is 32.5 Å². The highest BCUT2D eigenvalue weighted by Crippen LogP contribution is 2.65. The van der Waals surface area contributed by atoms with Crippen LogP contribution in [0.5, 0.6) is 0 Å². The Hall–Kier alpha value is -5.84. The van der Waals surface area contributed by atoms with Gasteiger partial charge in [-0.15, -0.1) is 11.3 Å². The largest absolute Gasteiger partial charge is 0.375 e.